The van der Waals surface area contributed by atoms with Crippen LogP contribution in [0.3, 0.4) is 0 Å². The lowest BCUT2D eigenvalue weighted by Gasteiger charge is -2.38. The summed E-state index contributed by atoms with van der Waals surface area (Å²) in [7, 11) is 0. The van der Waals surface area contributed by atoms with Gasteiger partial charge in [-0.1, -0.05) is 13.8 Å². The number of alkyl halides is 3. The minimum Gasteiger partial charge on any atom is -0.292 e. The Bertz CT molecular complexity index is 208. The first-order chi connectivity index (χ1) is 6.81. The van der Waals surface area contributed by atoms with E-state index in [1.54, 1.807) is 11.8 Å². The third-order valence-electron chi connectivity index (χ3n) is 2.58. The molecule has 1 fully saturated rings. The van der Waals surface area contributed by atoms with E-state index in [4.69, 9.17) is 0 Å². The second-order valence-corrected chi connectivity index (χ2v) is 5.54. The summed E-state index contributed by atoms with van der Waals surface area (Å²) in [5.41, 5.74) is 2.52. The van der Waals surface area contributed by atoms with Crippen LogP contribution in [0.4, 0.5) is 13.2 Å². The number of thioether (sulfide) groups is 1. The first kappa shape index (κ1) is 13.1. The quantitative estimate of drug-likeness (QED) is 0.770. The standard InChI is InChI=1S/C9H16F3NOS/c1-8(2)3-4-15-5-7(8)13-14-6-9(10,11)12/h7,13H,3-6H2,1-2H3. The van der Waals surface area contributed by atoms with Gasteiger partial charge in [0.1, 0.15) is 0 Å². The summed E-state index contributed by atoms with van der Waals surface area (Å²) in [5.74, 6) is 1.86. The van der Waals surface area contributed by atoms with Crippen LogP contribution in [-0.4, -0.2) is 30.3 Å². The molecule has 0 aromatic rings. The Morgan fingerprint density at radius 3 is 2.67 bits per heavy atom. The molecule has 0 radical (unpaired) electrons. The van der Waals surface area contributed by atoms with E-state index in [2.05, 4.69) is 10.3 Å². The summed E-state index contributed by atoms with van der Waals surface area (Å²) >= 11 is 1.74. The molecular formula is C9H16F3NOS. The number of hydrogen-bond donors (Lipinski definition) is 1. The smallest absolute Gasteiger partial charge is 0.292 e. The van der Waals surface area contributed by atoms with Crippen LogP contribution in [0.1, 0.15) is 20.3 Å². The highest BCUT2D eigenvalue weighted by molar-refractivity contribution is 7.99. The van der Waals surface area contributed by atoms with Crippen LogP contribution in [0.15, 0.2) is 0 Å². The lowest BCUT2D eigenvalue weighted by molar-refractivity contribution is -0.195. The SMILES string of the molecule is CC1(C)CCSCC1NOCC(F)(F)F. The van der Waals surface area contributed by atoms with Crippen LogP contribution in [-0.2, 0) is 4.84 Å². The van der Waals surface area contributed by atoms with Crippen molar-refractivity contribution in [2.24, 2.45) is 5.41 Å². The summed E-state index contributed by atoms with van der Waals surface area (Å²) in [6.45, 7) is 2.85. The van der Waals surface area contributed by atoms with E-state index in [9.17, 15) is 13.2 Å². The maximum absolute atomic E-state index is 11.8. The van der Waals surface area contributed by atoms with E-state index < -0.39 is 12.8 Å². The zero-order valence-electron chi connectivity index (χ0n) is 8.86. The van der Waals surface area contributed by atoms with Crippen molar-refractivity contribution >= 4 is 11.8 Å². The molecule has 1 heterocycles. The number of hydroxylamine groups is 1. The maximum Gasteiger partial charge on any atom is 0.413 e. The van der Waals surface area contributed by atoms with Crippen molar-refractivity contribution in [2.45, 2.75) is 32.5 Å². The van der Waals surface area contributed by atoms with Gasteiger partial charge >= 0.3 is 6.18 Å². The highest BCUT2D eigenvalue weighted by Crippen LogP contribution is 2.34. The predicted molar refractivity (Wildman–Crippen MR) is 54.7 cm³/mol. The van der Waals surface area contributed by atoms with Crippen molar-refractivity contribution in [1.29, 1.82) is 0 Å². The fourth-order valence-corrected chi connectivity index (χ4v) is 2.95. The van der Waals surface area contributed by atoms with Crippen molar-refractivity contribution < 1.29 is 18.0 Å². The second-order valence-electron chi connectivity index (χ2n) is 4.39. The summed E-state index contributed by atoms with van der Waals surface area (Å²) in [6.07, 6.45) is -3.27. The molecule has 0 spiro atoms. The molecule has 90 valence electrons. The van der Waals surface area contributed by atoms with Crippen LogP contribution in [0.5, 0.6) is 0 Å². The van der Waals surface area contributed by atoms with Gasteiger partial charge in [0, 0.05) is 11.8 Å². The van der Waals surface area contributed by atoms with Crippen molar-refractivity contribution in [3.8, 4) is 0 Å². The molecule has 0 saturated carbocycles. The molecule has 1 aliphatic rings. The van der Waals surface area contributed by atoms with Crippen molar-refractivity contribution in [3.63, 3.8) is 0 Å². The van der Waals surface area contributed by atoms with Crippen molar-refractivity contribution in [2.75, 3.05) is 18.1 Å². The van der Waals surface area contributed by atoms with Crippen LogP contribution in [0, 0.1) is 5.41 Å². The summed E-state index contributed by atoms with van der Waals surface area (Å²) < 4.78 is 35.5. The molecule has 0 aromatic carbocycles. The van der Waals surface area contributed by atoms with E-state index in [0.29, 0.717) is 0 Å². The van der Waals surface area contributed by atoms with E-state index in [1.165, 1.54) is 0 Å². The van der Waals surface area contributed by atoms with E-state index in [-0.39, 0.29) is 11.5 Å². The molecule has 1 saturated heterocycles. The molecule has 0 amide bonds. The van der Waals surface area contributed by atoms with E-state index in [1.807, 2.05) is 13.8 Å². The number of rotatable bonds is 3. The molecule has 1 unspecified atom stereocenters. The Hall–Kier alpha value is 0.0600. The van der Waals surface area contributed by atoms with Gasteiger partial charge in [-0.2, -0.15) is 30.4 Å². The molecule has 1 aliphatic heterocycles. The topological polar surface area (TPSA) is 21.3 Å². The molecular weight excluding hydrogens is 227 g/mol. The summed E-state index contributed by atoms with van der Waals surface area (Å²) in [5, 5.41) is 0. The van der Waals surface area contributed by atoms with Crippen molar-refractivity contribution in [1.82, 2.24) is 5.48 Å². The molecule has 0 aromatic heterocycles. The average Bonchev–Trinajstić information content (AvgIpc) is 2.05. The zero-order chi connectivity index (χ0) is 11.5. The van der Waals surface area contributed by atoms with Crippen LogP contribution >= 0.6 is 11.8 Å². The van der Waals surface area contributed by atoms with Gasteiger partial charge in [0.25, 0.3) is 0 Å². The fourth-order valence-electron chi connectivity index (χ4n) is 1.35. The Balaban J connectivity index is 2.31. The predicted octanol–water partition coefficient (Wildman–Crippen LogP) is 2.60. The van der Waals surface area contributed by atoms with Gasteiger partial charge in [-0.15, -0.1) is 0 Å². The normalized spacial score (nSPS) is 26.6. The Morgan fingerprint density at radius 2 is 2.13 bits per heavy atom. The van der Waals surface area contributed by atoms with Crippen LogP contribution in [0.25, 0.3) is 0 Å². The zero-order valence-corrected chi connectivity index (χ0v) is 9.67. The monoisotopic (exact) mass is 243 g/mol. The molecule has 1 atom stereocenters. The lowest BCUT2D eigenvalue weighted by Crippen LogP contribution is -2.47. The molecule has 1 N–H and O–H groups in total. The van der Waals surface area contributed by atoms with E-state index in [0.717, 1.165) is 17.9 Å². The average molecular weight is 243 g/mol. The third kappa shape index (κ3) is 4.61. The highest BCUT2D eigenvalue weighted by atomic mass is 32.2. The van der Waals surface area contributed by atoms with Gasteiger partial charge in [-0.25, -0.2) is 0 Å². The molecule has 1 rings (SSSR count). The molecule has 2 nitrogen and oxygen atoms in total. The number of halogens is 3. The van der Waals surface area contributed by atoms with Gasteiger partial charge in [0.05, 0.1) is 0 Å². The van der Waals surface area contributed by atoms with Gasteiger partial charge in [-0.3, -0.25) is 4.84 Å². The highest BCUT2D eigenvalue weighted by Gasteiger charge is 2.34. The largest absolute Gasteiger partial charge is 0.413 e. The van der Waals surface area contributed by atoms with Gasteiger partial charge in [0.15, 0.2) is 6.61 Å². The summed E-state index contributed by atoms with van der Waals surface area (Å²) in [6, 6.07) is -0.0152. The Morgan fingerprint density at radius 1 is 1.47 bits per heavy atom. The number of hydrogen-bond acceptors (Lipinski definition) is 3. The minimum atomic E-state index is -4.26. The molecule has 6 heteroatoms. The Labute approximate surface area is 91.9 Å². The van der Waals surface area contributed by atoms with E-state index >= 15 is 0 Å². The lowest BCUT2D eigenvalue weighted by atomic mass is 9.83. The fraction of sp³-hybridized carbons (Fsp3) is 1.00. The van der Waals surface area contributed by atoms with Gasteiger partial charge < -0.3 is 0 Å². The minimum absolute atomic E-state index is 0.00313. The van der Waals surface area contributed by atoms with Gasteiger partial charge in [0.2, 0.25) is 0 Å². The first-order valence-corrected chi connectivity index (χ1v) is 5.98. The van der Waals surface area contributed by atoms with Crippen LogP contribution in [0.2, 0.25) is 0 Å². The van der Waals surface area contributed by atoms with Crippen LogP contribution < -0.4 is 5.48 Å². The summed E-state index contributed by atoms with van der Waals surface area (Å²) in [4.78, 5) is 4.48. The molecule has 15 heavy (non-hydrogen) atoms. The third-order valence-corrected chi connectivity index (χ3v) is 3.64. The van der Waals surface area contributed by atoms with Gasteiger partial charge in [-0.05, 0) is 17.6 Å². The van der Waals surface area contributed by atoms with Crippen molar-refractivity contribution in [3.05, 3.63) is 0 Å². The molecule has 0 bridgehead atoms. The molecule has 0 aliphatic carbocycles. The second kappa shape index (κ2) is 4.93. The number of nitrogens with one attached hydrogen (secondary N) is 1. The maximum atomic E-state index is 11.8. The Kier molecular flexibility index (Phi) is 4.31. The first-order valence-electron chi connectivity index (χ1n) is 4.83.